The number of hydrogen-bond donors (Lipinski definition) is 0. The van der Waals surface area contributed by atoms with Crippen LogP contribution in [-0.2, 0) is 15.1 Å². The Hall–Kier alpha value is -1.26. The lowest BCUT2D eigenvalue weighted by molar-refractivity contribution is -0.166. The molecular formula is C17H26ClNO3. The highest BCUT2D eigenvalue weighted by atomic mass is 35.5. The molecule has 1 aliphatic rings. The van der Waals surface area contributed by atoms with E-state index in [9.17, 15) is 4.79 Å². The fourth-order valence-electron chi connectivity index (χ4n) is 2.86. The monoisotopic (exact) mass is 327 g/mol. The maximum atomic E-state index is 11.9. The number of nitrogens with zero attached hydrogens (tertiary/aromatic N) is 1. The van der Waals surface area contributed by atoms with Crippen LogP contribution in [-0.4, -0.2) is 37.6 Å². The van der Waals surface area contributed by atoms with Gasteiger partial charge >= 0.3 is 5.97 Å². The summed E-state index contributed by atoms with van der Waals surface area (Å²) < 4.78 is 11.1. The molecule has 124 valence electrons. The second-order valence-electron chi connectivity index (χ2n) is 5.48. The van der Waals surface area contributed by atoms with Crippen molar-refractivity contribution in [1.29, 1.82) is 0 Å². The van der Waals surface area contributed by atoms with E-state index in [4.69, 9.17) is 9.47 Å². The Morgan fingerprint density at radius 2 is 1.77 bits per heavy atom. The van der Waals surface area contributed by atoms with Crippen LogP contribution in [0.25, 0.3) is 0 Å². The van der Waals surface area contributed by atoms with Crippen molar-refractivity contribution in [3.63, 3.8) is 0 Å². The quantitative estimate of drug-likeness (QED) is 0.777. The lowest BCUT2D eigenvalue weighted by atomic mass is 9.84. The molecule has 5 heteroatoms. The summed E-state index contributed by atoms with van der Waals surface area (Å²) >= 11 is 0. The first-order valence-electron chi connectivity index (χ1n) is 7.72. The minimum absolute atomic E-state index is 0. The van der Waals surface area contributed by atoms with Gasteiger partial charge in [-0.1, -0.05) is 26.0 Å². The number of carbonyl (C=O) groups excluding carboxylic acids is 1. The van der Waals surface area contributed by atoms with E-state index in [-0.39, 0.29) is 18.4 Å². The van der Waals surface area contributed by atoms with E-state index in [1.165, 1.54) is 0 Å². The van der Waals surface area contributed by atoms with Crippen LogP contribution in [0.3, 0.4) is 0 Å². The fraction of sp³-hybridized carbons (Fsp3) is 0.588. The lowest BCUT2D eigenvalue weighted by Gasteiger charge is -2.41. The molecule has 2 rings (SSSR count). The minimum Gasteiger partial charge on any atom is -0.497 e. The number of methoxy groups -OCH3 is 1. The lowest BCUT2D eigenvalue weighted by Crippen LogP contribution is -2.45. The number of piperidine rings is 1. The summed E-state index contributed by atoms with van der Waals surface area (Å²) in [5.41, 5.74) is 0.589. The number of likely N-dealkylation sites (tertiary alicyclic amines) is 1. The van der Waals surface area contributed by atoms with Gasteiger partial charge in [-0.05, 0) is 24.2 Å². The maximum absolute atomic E-state index is 11.9. The maximum Gasteiger partial charge on any atom is 0.306 e. The van der Waals surface area contributed by atoms with Crippen molar-refractivity contribution in [2.45, 2.75) is 38.7 Å². The van der Waals surface area contributed by atoms with Gasteiger partial charge in [0.2, 0.25) is 0 Å². The van der Waals surface area contributed by atoms with Crippen molar-refractivity contribution >= 4 is 18.4 Å². The van der Waals surface area contributed by atoms with E-state index in [2.05, 4.69) is 11.8 Å². The first-order chi connectivity index (χ1) is 10.1. The number of carbonyl (C=O) groups is 1. The highest BCUT2D eigenvalue weighted by molar-refractivity contribution is 5.85. The number of rotatable bonds is 5. The molecule has 0 aliphatic carbocycles. The second-order valence-corrected chi connectivity index (χ2v) is 5.48. The Kier molecular flexibility index (Phi) is 7.17. The molecule has 1 aromatic rings. The predicted molar refractivity (Wildman–Crippen MR) is 89.7 cm³/mol. The van der Waals surface area contributed by atoms with E-state index in [1.54, 1.807) is 7.11 Å². The number of halogens is 1. The molecule has 1 fully saturated rings. The number of esters is 1. The largest absolute Gasteiger partial charge is 0.497 e. The van der Waals surface area contributed by atoms with Crippen LogP contribution < -0.4 is 4.74 Å². The van der Waals surface area contributed by atoms with Crippen LogP contribution in [0.1, 0.15) is 38.7 Å². The number of hydrogen-bond acceptors (Lipinski definition) is 4. The third-order valence-corrected chi connectivity index (χ3v) is 4.32. The zero-order valence-corrected chi connectivity index (χ0v) is 14.4. The summed E-state index contributed by atoms with van der Waals surface area (Å²) in [7, 11) is 1.65. The molecule has 0 aromatic heterocycles. The zero-order chi connectivity index (χ0) is 15.3. The molecule has 0 unspecified atom stereocenters. The van der Waals surface area contributed by atoms with Crippen LogP contribution in [0.4, 0.5) is 0 Å². The van der Waals surface area contributed by atoms with Crippen LogP contribution in [0.5, 0.6) is 5.75 Å². The Labute approximate surface area is 139 Å². The Morgan fingerprint density at radius 3 is 2.23 bits per heavy atom. The Morgan fingerprint density at radius 1 is 1.18 bits per heavy atom. The molecule has 1 heterocycles. The van der Waals surface area contributed by atoms with Crippen LogP contribution in [0.15, 0.2) is 24.3 Å². The van der Waals surface area contributed by atoms with Gasteiger partial charge in [-0.2, -0.15) is 0 Å². The van der Waals surface area contributed by atoms with Gasteiger partial charge < -0.3 is 14.4 Å². The molecular weight excluding hydrogens is 302 g/mol. The summed E-state index contributed by atoms with van der Waals surface area (Å²) in [6.45, 7) is 6.96. The molecule has 0 amide bonds. The molecule has 0 radical (unpaired) electrons. The Bertz CT molecular complexity index is 467. The average Bonchev–Trinajstić information content (AvgIpc) is 2.55. The first-order valence-corrected chi connectivity index (χ1v) is 7.72. The van der Waals surface area contributed by atoms with Gasteiger partial charge in [0.05, 0.1) is 7.11 Å². The molecule has 0 atom stereocenters. The highest BCUT2D eigenvalue weighted by Crippen LogP contribution is 2.37. The van der Waals surface area contributed by atoms with E-state index >= 15 is 0 Å². The van der Waals surface area contributed by atoms with Gasteiger partial charge in [-0.15, -0.1) is 12.4 Å². The smallest absolute Gasteiger partial charge is 0.306 e. The molecule has 1 aromatic carbocycles. The van der Waals surface area contributed by atoms with Gasteiger partial charge in [-0.25, -0.2) is 0 Å². The summed E-state index contributed by atoms with van der Waals surface area (Å²) in [5, 5.41) is 0. The molecule has 1 saturated heterocycles. The molecule has 22 heavy (non-hydrogen) atoms. The van der Waals surface area contributed by atoms with Gasteiger partial charge in [0.1, 0.15) is 11.4 Å². The minimum atomic E-state index is -0.481. The van der Waals surface area contributed by atoms with Crippen molar-refractivity contribution in [3.05, 3.63) is 29.8 Å². The van der Waals surface area contributed by atoms with Gasteiger partial charge in [0.25, 0.3) is 0 Å². The zero-order valence-electron chi connectivity index (χ0n) is 13.6. The average molecular weight is 328 g/mol. The fourth-order valence-corrected chi connectivity index (χ4v) is 2.86. The molecule has 0 saturated carbocycles. The molecule has 4 nitrogen and oxygen atoms in total. The summed E-state index contributed by atoms with van der Waals surface area (Å²) in [6.07, 6.45) is 2.10. The third-order valence-electron chi connectivity index (χ3n) is 4.32. The third kappa shape index (κ3) is 4.14. The summed E-state index contributed by atoms with van der Waals surface area (Å²) in [4.78, 5) is 14.3. The highest BCUT2D eigenvalue weighted by Gasteiger charge is 2.39. The summed E-state index contributed by atoms with van der Waals surface area (Å²) in [6, 6.07) is 7.90. The topological polar surface area (TPSA) is 38.8 Å². The second kappa shape index (κ2) is 8.39. The van der Waals surface area contributed by atoms with E-state index in [0.717, 1.165) is 43.8 Å². The predicted octanol–water partition coefficient (Wildman–Crippen LogP) is 3.38. The standard InChI is InChI=1S/C17H25NO3.ClH/c1-4-16(19)21-17(10-12-18(5-2)13-11-17)14-6-8-15(20-3)9-7-14;/h6-9H,4-5,10-13H2,1-3H3;1H. The van der Waals surface area contributed by atoms with Crippen molar-refractivity contribution in [1.82, 2.24) is 4.90 Å². The van der Waals surface area contributed by atoms with Crippen LogP contribution >= 0.6 is 12.4 Å². The normalized spacial score (nSPS) is 17.4. The van der Waals surface area contributed by atoms with Crippen LogP contribution in [0.2, 0.25) is 0 Å². The van der Waals surface area contributed by atoms with Crippen molar-refractivity contribution < 1.29 is 14.3 Å². The molecule has 0 bridgehead atoms. The van der Waals surface area contributed by atoms with Crippen molar-refractivity contribution in [2.24, 2.45) is 0 Å². The first kappa shape index (κ1) is 18.8. The molecule has 0 spiro atoms. The van der Waals surface area contributed by atoms with Gasteiger partial charge in [0.15, 0.2) is 0 Å². The van der Waals surface area contributed by atoms with E-state index in [1.807, 2.05) is 31.2 Å². The molecule has 0 N–H and O–H groups in total. The van der Waals surface area contributed by atoms with Crippen molar-refractivity contribution in [3.8, 4) is 5.75 Å². The van der Waals surface area contributed by atoms with E-state index < -0.39 is 5.60 Å². The summed E-state index contributed by atoms with van der Waals surface area (Å²) in [5.74, 6) is 0.692. The molecule has 1 aliphatic heterocycles. The van der Waals surface area contributed by atoms with Crippen LogP contribution in [0, 0.1) is 0 Å². The van der Waals surface area contributed by atoms with Gasteiger partial charge in [0, 0.05) is 32.4 Å². The Balaban J connectivity index is 0.00000242. The van der Waals surface area contributed by atoms with Gasteiger partial charge in [-0.3, -0.25) is 4.79 Å². The number of benzene rings is 1. The number of ether oxygens (including phenoxy) is 2. The van der Waals surface area contributed by atoms with Crippen molar-refractivity contribution in [2.75, 3.05) is 26.7 Å². The SMILES string of the molecule is CCC(=O)OC1(c2ccc(OC)cc2)CCN(CC)CC1.Cl. The van der Waals surface area contributed by atoms with E-state index in [0.29, 0.717) is 6.42 Å².